The molecule has 0 unspecified atom stereocenters. The van der Waals surface area contributed by atoms with Gasteiger partial charge in [-0.1, -0.05) is 60.7 Å². The fourth-order valence-electron chi connectivity index (χ4n) is 2.63. The van der Waals surface area contributed by atoms with Crippen LogP contribution in [0.2, 0.25) is 0 Å². The number of pyridine rings is 1. The van der Waals surface area contributed by atoms with Crippen LogP contribution in [0.4, 0.5) is 0 Å². The van der Waals surface area contributed by atoms with Crippen LogP contribution in [-0.4, -0.2) is 9.97 Å². The molecule has 4 rings (SSSR count). The Balaban J connectivity index is 1.69. The molecular weight excluding hydrogens is 270 g/mol. The maximum atomic E-state index is 4.66. The van der Waals surface area contributed by atoms with E-state index in [4.69, 9.17) is 0 Å². The Labute approximate surface area is 128 Å². The lowest BCUT2D eigenvalue weighted by Crippen LogP contribution is -2.33. The lowest BCUT2D eigenvalue weighted by Gasteiger charge is -1.96. The Morgan fingerprint density at radius 1 is 0.864 bits per heavy atom. The van der Waals surface area contributed by atoms with Crippen molar-refractivity contribution in [2.45, 2.75) is 6.54 Å². The van der Waals surface area contributed by atoms with E-state index in [9.17, 15) is 0 Å². The number of hydrogen-bond acceptors (Lipinski definition) is 1. The monoisotopic (exact) mass is 286 g/mol. The van der Waals surface area contributed by atoms with Gasteiger partial charge >= 0.3 is 0 Å². The van der Waals surface area contributed by atoms with Crippen LogP contribution in [-0.2, 0) is 6.54 Å². The third kappa shape index (κ3) is 2.49. The molecule has 0 saturated heterocycles. The number of imidazole rings is 1. The average Bonchev–Trinajstić information content (AvgIpc) is 3.00. The van der Waals surface area contributed by atoms with Crippen LogP contribution in [0, 0.1) is 0 Å². The topological polar surface area (TPSA) is 32.6 Å². The molecule has 0 spiro atoms. The van der Waals surface area contributed by atoms with Crippen LogP contribution in [0.15, 0.2) is 79.1 Å². The summed E-state index contributed by atoms with van der Waals surface area (Å²) < 4.78 is 2.17. The molecule has 4 aromatic rings. The van der Waals surface area contributed by atoms with Crippen molar-refractivity contribution >= 4 is 11.0 Å². The van der Waals surface area contributed by atoms with Crippen molar-refractivity contribution in [2.24, 2.45) is 0 Å². The van der Waals surface area contributed by atoms with Gasteiger partial charge < -0.3 is 4.98 Å². The van der Waals surface area contributed by atoms with Gasteiger partial charge in [-0.05, 0) is 0 Å². The van der Waals surface area contributed by atoms with Crippen LogP contribution >= 0.6 is 0 Å². The molecule has 3 nitrogen and oxygen atoms in total. The minimum atomic E-state index is 0.858. The number of nitrogens with zero attached hydrogens (tertiary/aromatic N) is 2. The Morgan fingerprint density at radius 3 is 2.36 bits per heavy atom. The number of hydrogen-bond donors (Lipinski definition) is 1. The summed E-state index contributed by atoms with van der Waals surface area (Å²) in [6, 6.07) is 22.7. The molecule has 0 amide bonds. The molecule has 0 aliphatic rings. The Bertz CT molecular complexity index is 896. The van der Waals surface area contributed by atoms with Gasteiger partial charge in [0.15, 0.2) is 18.9 Å². The number of H-pyrrole nitrogens is 1. The molecular formula is C19H16N3+. The summed E-state index contributed by atoms with van der Waals surface area (Å²) in [5.41, 5.74) is 4.43. The van der Waals surface area contributed by atoms with E-state index in [-0.39, 0.29) is 0 Å². The third-order valence-electron chi connectivity index (χ3n) is 3.74. The summed E-state index contributed by atoms with van der Waals surface area (Å²) in [4.78, 5) is 8.07. The largest absolute Gasteiger partial charge is 0.333 e. The summed E-state index contributed by atoms with van der Waals surface area (Å²) in [5.74, 6) is 0.910. The quantitative estimate of drug-likeness (QED) is 0.574. The first-order valence-corrected chi connectivity index (χ1v) is 7.37. The van der Waals surface area contributed by atoms with E-state index in [1.165, 1.54) is 5.56 Å². The lowest BCUT2D eigenvalue weighted by atomic mass is 10.2. The van der Waals surface area contributed by atoms with Gasteiger partial charge in [0.05, 0.1) is 0 Å². The Morgan fingerprint density at radius 2 is 1.59 bits per heavy atom. The van der Waals surface area contributed by atoms with E-state index >= 15 is 0 Å². The number of rotatable bonds is 3. The number of aromatic nitrogens is 3. The van der Waals surface area contributed by atoms with Crippen molar-refractivity contribution in [2.75, 3.05) is 0 Å². The summed E-state index contributed by atoms with van der Waals surface area (Å²) in [6.07, 6.45) is 4.19. The van der Waals surface area contributed by atoms with Crippen molar-refractivity contribution < 1.29 is 4.57 Å². The van der Waals surface area contributed by atoms with E-state index in [2.05, 4.69) is 69.4 Å². The summed E-state index contributed by atoms with van der Waals surface area (Å²) >= 11 is 0. The van der Waals surface area contributed by atoms with Crippen LogP contribution < -0.4 is 4.57 Å². The van der Waals surface area contributed by atoms with Gasteiger partial charge in [-0.2, -0.15) is 4.57 Å². The molecule has 2 aromatic carbocycles. The zero-order chi connectivity index (χ0) is 14.8. The van der Waals surface area contributed by atoms with Crippen molar-refractivity contribution in [3.05, 3.63) is 84.7 Å². The maximum Gasteiger partial charge on any atom is 0.195 e. The van der Waals surface area contributed by atoms with Crippen molar-refractivity contribution in [1.82, 2.24) is 9.97 Å². The van der Waals surface area contributed by atoms with Crippen molar-refractivity contribution in [3.8, 4) is 11.4 Å². The zero-order valence-electron chi connectivity index (χ0n) is 12.1. The normalized spacial score (nSPS) is 10.9. The van der Waals surface area contributed by atoms with E-state index in [0.717, 1.165) is 29.0 Å². The van der Waals surface area contributed by atoms with E-state index in [1.54, 1.807) is 0 Å². The first-order valence-electron chi connectivity index (χ1n) is 7.37. The SMILES string of the molecule is c1ccc(C[n+]2ccc3nc(-c4ccccc4)[nH]c3c2)cc1. The number of nitrogens with one attached hydrogen (secondary N) is 1. The predicted molar refractivity (Wildman–Crippen MR) is 87.3 cm³/mol. The molecule has 0 radical (unpaired) electrons. The fraction of sp³-hybridized carbons (Fsp3) is 0.0526. The van der Waals surface area contributed by atoms with Gasteiger partial charge in [0, 0.05) is 17.2 Å². The molecule has 3 heteroatoms. The smallest absolute Gasteiger partial charge is 0.195 e. The van der Waals surface area contributed by atoms with Crippen LogP contribution in [0.5, 0.6) is 0 Å². The summed E-state index contributed by atoms with van der Waals surface area (Å²) in [7, 11) is 0. The molecule has 0 aliphatic carbocycles. The third-order valence-corrected chi connectivity index (χ3v) is 3.74. The Hall–Kier alpha value is -2.94. The molecule has 0 atom stereocenters. The molecule has 22 heavy (non-hydrogen) atoms. The second-order valence-electron chi connectivity index (χ2n) is 5.35. The first kappa shape index (κ1) is 12.8. The average molecular weight is 286 g/mol. The van der Waals surface area contributed by atoms with Gasteiger partial charge in [-0.25, -0.2) is 4.98 Å². The number of benzene rings is 2. The van der Waals surface area contributed by atoms with E-state index in [0.29, 0.717) is 0 Å². The van der Waals surface area contributed by atoms with Crippen LogP contribution in [0.25, 0.3) is 22.4 Å². The second-order valence-corrected chi connectivity index (χ2v) is 5.35. The summed E-state index contributed by atoms with van der Waals surface area (Å²) in [5, 5.41) is 0. The highest BCUT2D eigenvalue weighted by atomic mass is 15.0. The Kier molecular flexibility index (Phi) is 3.16. The van der Waals surface area contributed by atoms with Gasteiger partial charge in [0.25, 0.3) is 0 Å². The minimum Gasteiger partial charge on any atom is -0.333 e. The number of aromatic amines is 1. The lowest BCUT2D eigenvalue weighted by molar-refractivity contribution is -0.687. The molecule has 1 N–H and O–H groups in total. The molecule has 0 bridgehead atoms. The zero-order valence-corrected chi connectivity index (χ0v) is 12.1. The first-order chi connectivity index (χ1) is 10.9. The van der Waals surface area contributed by atoms with Gasteiger partial charge in [0.2, 0.25) is 0 Å². The van der Waals surface area contributed by atoms with E-state index < -0.39 is 0 Å². The molecule has 0 saturated carbocycles. The van der Waals surface area contributed by atoms with Gasteiger partial charge in [-0.3, -0.25) is 0 Å². The molecule has 106 valence electrons. The fourth-order valence-corrected chi connectivity index (χ4v) is 2.63. The molecule has 2 aromatic heterocycles. The highest BCUT2D eigenvalue weighted by Crippen LogP contribution is 2.18. The van der Waals surface area contributed by atoms with Crippen molar-refractivity contribution in [1.29, 1.82) is 0 Å². The van der Waals surface area contributed by atoms with Crippen LogP contribution in [0.3, 0.4) is 0 Å². The molecule has 2 heterocycles. The van der Waals surface area contributed by atoms with E-state index in [1.807, 2.05) is 24.3 Å². The maximum absolute atomic E-state index is 4.66. The standard InChI is InChI=1S/C19H15N3/c1-3-7-15(8-4-1)13-22-12-11-17-18(14-22)21-19(20-17)16-9-5-2-6-10-16/h1-12,14H,13H2/p+1. The molecule has 0 aliphatic heterocycles. The van der Waals surface area contributed by atoms with Crippen LogP contribution in [0.1, 0.15) is 5.56 Å². The van der Waals surface area contributed by atoms with Gasteiger partial charge in [-0.15, -0.1) is 0 Å². The predicted octanol–water partition coefficient (Wildman–Crippen LogP) is 3.57. The minimum absolute atomic E-state index is 0.858. The highest BCUT2D eigenvalue weighted by molar-refractivity contribution is 5.77. The van der Waals surface area contributed by atoms with Gasteiger partial charge in [0.1, 0.15) is 16.9 Å². The number of fused-ring (bicyclic) bond motifs is 1. The highest BCUT2D eigenvalue weighted by Gasteiger charge is 2.09. The van der Waals surface area contributed by atoms with Crippen molar-refractivity contribution in [3.63, 3.8) is 0 Å². The second kappa shape index (κ2) is 5.45. The summed E-state index contributed by atoms with van der Waals surface area (Å²) in [6.45, 7) is 0.858. The molecule has 0 fully saturated rings.